The first-order valence-electron chi connectivity index (χ1n) is 5.19. The van der Waals surface area contributed by atoms with Gasteiger partial charge in [0.2, 0.25) is 0 Å². The van der Waals surface area contributed by atoms with Gasteiger partial charge in [-0.3, -0.25) is 0 Å². The zero-order chi connectivity index (χ0) is 14.3. The molecule has 0 aliphatic carbocycles. The van der Waals surface area contributed by atoms with Crippen molar-refractivity contribution in [1.82, 2.24) is 0 Å². The fourth-order valence-electron chi connectivity index (χ4n) is 1.38. The predicted octanol–water partition coefficient (Wildman–Crippen LogP) is -4.89. The van der Waals surface area contributed by atoms with Crippen molar-refractivity contribution in [3.05, 3.63) is 0 Å². The van der Waals surface area contributed by atoms with E-state index in [4.69, 9.17) is 25.5 Å². The van der Waals surface area contributed by atoms with E-state index >= 15 is 0 Å². The van der Waals surface area contributed by atoms with Gasteiger partial charge in [-0.25, -0.2) is 0 Å². The summed E-state index contributed by atoms with van der Waals surface area (Å²) in [6.07, 6.45) is -7.67. The molecule has 0 saturated carbocycles. The first kappa shape index (κ1) is 17.6. The maximum Gasteiger partial charge on any atom is 0.145 e. The van der Waals surface area contributed by atoms with Gasteiger partial charge in [0.1, 0.15) is 36.8 Å². The molecule has 0 heterocycles. The molecule has 18 heavy (non-hydrogen) atoms. The fourth-order valence-corrected chi connectivity index (χ4v) is 1.38. The Hall–Kier alpha value is -0.360. The van der Waals surface area contributed by atoms with Crippen molar-refractivity contribution in [2.45, 2.75) is 30.0 Å². The van der Waals surface area contributed by atoms with E-state index in [-0.39, 0.29) is 0 Å². The summed E-state index contributed by atoms with van der Waals surface area (Å²) in [4.78, 5) is 0. The zero-order valence-corrected chi connectivity index (χ0v) is 9.62. The Labute approximate surface area is 103 Å². The number of rotatable bonds is 9. The number of aliphatic hydroxyl groups excluding tert-OH is 8. The Morgan fingerprint density at radius 2 is 1.33 bits per heavy atom. The Kier molecular flexibility index (Phi) is 7.78. The van der Waals surface area contributed by atoms with Crippen LogP contribution in [0.2, 0.25) is 0 Å². The molecule has 0 aromatic rings. The van der Waals surface area contributed by atoms with E-state index in [0.717, 1.165) is 0 Å². The fraction of sp³-hybridized carbons (Fsp3) is 1.00. The first-order valence-corrected chi connectivity index (χ1v) is 5.19. The standard InChI is InChI=1S/C9H20O9/c10-1-5(14)6(15)7(16)8(17)9(2-11,3-12)18-4-13/h5-8,10-17H,1-4H2. The molecular formula is C9H20O9. The van der Waals surface area contributed by atoms with Crippen LogP contribution < -0.4 is 0 Å². The van der Waals surface area contributed by atoms with Gasteiger partial charge in [-0.1, -0.05) is 0 Å². The van der Waals surface area contributed by atoms with Crippen LogP contribution in [0.1, 0.15) is 0 Å². The number of hydrogen-bond acceptors (Lipinski definition) is 9. The summed E-state index contributed by atoms with van der Waals surface area (Å²) >= 11 is 0. The van der Waals surface area contributed by atoms with Crippen molar-refractivity contribution in [1.29, 1.82) is 0 Å². The normalized spacial score (nSPS) is 19.3. The lowest BCUT2D eigenvalue weighted by atomic mass is 9.89. The minimum atomic E-state index is -2.11. The van der Waals surface area contributed by atoms with E-state index in [1.165, 1.54) is 0 Å². The second-order valence-electron chi connectivity index (χ2n) is 3.83. The summed E-state index contributed by atoms with van der Waals surface area (Å²) < 4.78 is 4.56. The lowest BCUT2D eigenvalue weighted by Crippen LogP contribution is -2.60. The van der Waals surface area contributed by atoms with Crippen LogP contribution in [0.3, 0.4) is 0 Å². The SMILES string of the molecule is OCOC(CO)(CO)C(O)C(O)C(O)C(O)CO. The molecule has 4 unspecified atom stereocenters. The third-order valence-electron chi connectivity index (χ3n) is 2.68. The Balaban J connectivity index is 4.90. The van der Waals surface area contributed by atoms with Gasteiger partial charge < -0.3 is 45.6 Å². The van der Waals surface area contributed by atoms with Gasteiger partial charge in [0.05, 0.1) is 19.8 Å². The van der Waals surface area contributed by atoms with E-state index in [0.29, 0.717) is 0 Å². The van der Waals surface area contributed by atoms with Gasteiger partial charge in [-0.05, 0) is 0 Å². The molecule has 110 valence electrons. The maximum absolute atomic E-state index is 9.72. The largest absolute Gasteiger partial charge is 0.394 e. The van der Waals surface area contributed by atoms with Gasteiger partial charge in [-0.2, -0.15) is 0 Å². The molecule has 0 spiro atoms. The molecule has 0 radical (unpaired) electrons. The van der Waals surface area contributed by atoms with Crippen LogP contribution in [-0.2, 0) is 4.74 Å². The molecule has 0 aromatic carbocycles. The molecule has 9 nitrogen and oxygen atoms in total. The molecule has 0 aromatic heterocycles. The predicted molar refractivity (Wildman–Crippen MR) is 56.2 cm³/mol. The number of hydrogen-bond donors (Lipinski definition) is 8. The van der Waals surface area contributed by atoms with Crippen molar-refractivity contribution in [2.24, 2.45) is 0 Å². The van der Waals surface area contributed by atoms with Gasteiger partial charge in [0, 0.05) is 0 Å². The van der Waals surface area contributed by atoms with Crippen molar-refractivity contribution < 1.29 is 45.6 Å². The Morgan fingerprint density at radius 1 is 0.833 bits per heavy atom. The van der Waals surface area contributed by atoms with E-state index in [9.17, 15) is 15.3 Å². The van der Waals surface area contributed by atoms with Crippen LogP contribution in [0, 0.1) is 0 Å². The number of aliphatic hydroxyl groups is 8. The van der Waals surface area contributed by atoms with Crippen molar-refractivity contribution in [3.63, 3.8) is 0 Å². The van der Waals surface area contributed by atoms with Crippen molar-refractivity contribution >= 4 is 0 Å². The lowest BCUT2D eigenvalue weighted by molar-refractivity contribution is -0.237. The maximum atomic E-state index is 9.72. The molecule has 0 aliphatic heterocycles. The second-order valence-corrected chi connectivity index (χ2v) is 3.83. The number of ether oxygens (including phenoxy) is 1. The van der Waals surface area contributed by atoms with Gasteiger partial charge in [-0.15, -0.1) is 0 Å². The highest BCUT2D eigenvalue weighted by atomic mass is 16.6. The summed E-state index contributed by atoms with van der Waals surface area (Å²) in [5.41, 5.74) is -2.11. The Bertz CT molecular complexity index is 220. The van der Waals surface area contributed by atoms with Crippen molar-refractivity contribution in [3.8, 4) is 0 Å². The van der Waals surface area contributed by atoms with E-state index in [1.54, 1.807) is 0 Å². The molecule has 8 N–H and O–H groups in total. The second kappa shape index (κ2) is 7.94. The summed E-state index contributed by atoms with van der Waals surface area (Å²) in [7, 11) is 0. The molecule has 0 aliphatic rings. The average Bonchev–Trinajstić information content (AvgIpc) is 2.41. The van der Waals surface area contributed by atoms with Gasteiger partial charge >= 0.3 is 0 Å². The molecule has 4 atom stereocenters. The van der Waals surface area contributed by atoms with Crippen LogP contribution in [0.5, 0.6) is 0 Å². The van der Waals surface area contributed by atoms with Crippen molar-refractivity contribution in [2.75, 3.05) is 26.6 Å². The molecular weight excluding hydrogens is 252 g/mol. The van der Waals surface area contributed by atoms with Crippen LogP contribution in [0.15, 0.2) is 0 Å². The quantitative estimate of drug-likeness (QED) is 0.191. The molecule has 9 heteroatoms. The van der Waals surface area contributed by atoms with E-state index in [2.05, 4.69) is 4.74 Å². The molecule has 0 saturated heterocycles. The third-order valence-corrected chi connectivity index (χ3v) is 2.68. The van der Waals surface area contributed by atoms with Crippen LogP contribution in [-0.4, -0.2) is 97.5 Å². The highest BCUT2D eigenvalue weighted by molar-refractivity contribution is 4.95. The van der Waals surface area contributed by atoms with Crippen LogP contribution in [0.25, 0.3) is 0 Å². The first-order chi connectivity index (χ1) is 8.40. The topological polar surface area (TPSA) is 171 Å². The summed E-state index contributed by atoms with van der Waals surface area (Å²) in [6, 6.07) is 0. The smallest absolute Gasteiger partial charge is 0.145 e. The third kappa shape index (κ3) is 3.82. The van der Waals surface area contributed by atoms with E-state index < -0.39 is 56.6 Å². The molecule has 0 amide bonds. The van der Waals surface area contributed by atoms with Crippen LogP contribution >= 0.6 is 0 Å². The average molecular weight is 272 g/mol. The zero-order valence-electron chi connectivity index (χ0n) is 9.62. The summed E-state index contributed by atoms with van der Waals surface area (Å²) in [5, 5.41) is 73.0. The lowest BCUT2D eigenvalue weighted by Gasteiger charge is -2.38. The van der Waals surface area contributed by atoms with Gasteiger partial charge in [0.15, 0.2) is 0 Å². The van der Waals surface area contributed by atoms with Gasteiger partial charge in [0.25, 0.3) is 0 Å². The molecule has 0 rings (SSSR count). The summed E-state index contributed by atoms with van der Waals surface area (Å²) in [6.45, 7) is -3.73. The molecule has 0 bridgehead atoms. The minimum Gasteiger partial charge on any atom is -0.394 e. The highest BCUT2D eigenvalue weighted by Crippen LogP contribution is 2.21. The minimum absolute atomic E-state index is 0.864. The highest BCUT2D eigenvalue weighted by Gasteiger charge is 2.45. The Morgan fingerprint density at radius 3 is 1.67 bits per heavy atom. The molecule has 0 fully saturated rings. The van der Waals surface area contributed by atoms with E-state index in [1.807, 2.05) is 0 Å². The van der Waals surface area contributed by atoms with Crippen LogP contribution in [0.4, 0.5) is 0 Å². The monoisotopic (exact) mass is 272 g/mol. The summed E-state index contributed by atoms with van der Waals surface area (Å²) in [5.74, 6) is 0.